The Morgan fingerprint density at radius 1 is 1.30 bits per heavy atom. The van der Waals surface area contributed by atoms with Crippen LogP contribution in [0.3, 0.4) is 0 Å². The normalized spacial score (nSPS) is 10.8. The first-order valence-corrected chi connectivity index (χ1v) is 5.89. The van der Waals surface area contributed by atoms with Gasteiger partial charge in [0.05, 0.1) is 10.3 Å². The van der Waals surface area contributed by atoms with E-state index in [0.717, 1.165) is 6.07 Å². The second-order valence-electron chi connectivity index (χ2n) is 5.33. The van der Waals surface area contributed by atoms with Crippen molar-refractivity contribution in [3.63, 3.8) is 0 Å². The van der Waals surface area contributed by atoms with E-state index in [-0.39, 0.29) is 11.3 Å². The molecule has 1 N–H and O–H groups in total. The highest BCUT2D eigenvalue weighted by molar-refractivity contribution is 5.95. The fraction of sp³-hybridized carbons (Fsp3) is 0.385. The molecule has 0 spiro atoms. The number of carbonyl (C=O) groups is 2. The number of nitrogens with one attached hydrogen (secondary N) is 1. The predicted molar refractivity (Wildman–Crippen MR) is 70.8 cm³/mol. The smallest absolute Gasteiger partial charge is 0.337 e. The maximum Gasteiger partial charge on any atom is 0.337 e. The zero-order valence-corrected chi connectivity index (χ0v) is 11.7. The number of rotatable bonds is 2. The monoisotopic (exact) mass is 280 g/mol. The fourth-order valence-electron chi connectivity index (χ4n) is 1.25. The molecule has 0 saturated heterocycles. The van der Waals surface area contributed by atoms with Gasteiger partial charge in [0.2, 0.25) is 0 Å². The summed E-state index contributed by atoms with van der Waals surface area (Å²) in [6.45, 7) is 6.48. The summed E-state index contributed by atoms with van der Waals surface area (Å²) < 4.78 is 0. The van der Waals surface area contributed by atoms with E-state index < -0.39 is 22.2 Å². The van der Waals surface area contributed by atoms with Crippen LogP contribution < -0.4 is 5.48 Å². The minimum Gasteiger partial charge on any atom is -0.340 e. The van der Waals surface area contributed by atoms with Crippen LogP contribution in [-0.4, -0.2) is 16.8 Å². The van der Waals surface area contributed by atoms with Crippen molar-refractivity contribution >= 4 is 17.6 Å². The number of hydroxylamine groups is 1. The summed E-state index contributed by atoms with van der Waals surface area (Å²) in [4.78, 5) is 38.1. The second-order valence-corrected chi connectivity index (χ2v) is 5.33. The topological polar surface area (TPSA) is 98.5 Å². The van der Waals surface area contributed by atoms with E-state index in [1.54, 1.807) is 27.7 Å². The molecule has 1 aromatic carbocycles. The Hall–Kier alpha value is -2.44. The molecular formula is C13H16N2O5. The van der Waals surface area contributed by atoms with Crippen molar-refractivity contribution in [2.45, 2.75) is 27.7 Å². The molecule has 7 heteroatoms. The predicted octanol–water partition coefficient (Wildman–Crippen LogP) is 2.14. The summed E-state index contributed by atoms with van der Waals surface area (Å²) >= 11 is 0. The summed E-state index contributed by atoms with van der Waals surface area (Å²) in [7, 11) is 0. The number of carbonyl (C=O) groups excluding carboxylic acids is 2. The van der Waals surface area contributed by atoms with E-state index in [1.165, 1.54) is 12.1 Å². The van der Waals surface area contributed by atoms with Crippen LogP contribution in [0.1, 0.15) is 36.7 Å². The maximum atomic E-state index is 11.8. The van der Waals surface area contributed by atoms with Gasteiger partial charge < -0.3 is 4.84 Å². The summed E-state index contributed by atoms with van der Waals surface area (Å²) in [5.74, 6) is -1.32. The number of amides is 1. The van der Waals surface area contributed by atoms with Gasteiger partial charge in [-0.15, -0.1) is 0 Å². The molecule has 20 heavy (non-hydrogen) atoms. The van der Waals surface area contributed by atoms with Crippen molar-refractivity contribution in [3.8, 4) is 0 Å². The van der Waals surface area contributed by atoms with Crippen molar-refractivity contribution in [2.75, 3.05) is 0 Å². The molecular weight excluding hydrogens is 264 g/mol. The van der Waals surface area contributed by atoms with Crippen LogP contribution >= 0.6 is 0 Å². The van der Waals surface area contributed by atoms with Gasteiger partial charge in [-0.25, -0.2) is 4.79 Å². The first kappa shape index (κ1) is 15.6. The molecule has 0 radical (unpaired) electrons. The van der Waals surface area contributed by atoms with Gasteiger partial charge in [-0.05, 0) is 33.8 Å². The first-order chi connectivity index (χ1) is 9.12. The van der Waals surface area contributed by atoms with Crippen LogP contribution in [-0.2, 0) is 9.63 Å². The Morgan fingerprint density at radius 2 is 1.90 bits per heavy atom. The summed E-state index contributed by atoms with van der Waals surface area (Å²) in [6.07, 6.45) is 0. The molecule has 7 nitrogen and oxygen atoms in total. The van der Waals surface area contributed by atoms with Crippen molar-refractivity contribution in [1.82, 2.24) is 5.48 Å². The number of benzene rings is 1. The lowest BCUT2D eigenvalue weighted by atomic mass is 9.98. The number of hydrogen-bond acceptors (Lipinski definition) is 5. The highest BCUT2D eigenvalue weighted by atomic mass is 16.7. The van der Waals surface area contributed by atoms with E-state index in [1.807, 2.05) is 5.48 Å². The second kappa shape index (κ2) is 5.68. The lowest BCUT2D eigenvalue weighted by Crippen LogP contribution is -2.33. The Kier molecular flexibility index (Phi) is 4.44. The molecule has 0 atom stereocenters. The van der Waals surface area contributed by atoms with Gasteiger partial charge in [0.15, 0.2) is 0 Å². The van der Waals surface area contributed by atoms with E-state index in [4.69, 9.17) is 0 Å². The van der Waals surface area contributed by atoms with Gasteiger partial charge in [0.1, 0.15) is 0 Å². The fourth-order valence-corrected chi connectivity index (χ4v) is 1.25. The average Bonchev–Trinajstić information content (AvgIpc) is 2.34. The minimum absolute atomic E-state index is 0.0454. The molecule has 0 fully saturated rings. The number of hydrogen-bond donors (Lipinski definition) is 1. The van der Waals surface area contributed by atoms with Gasteiger partial charge >= 0.3 is 5.97 Å². The molecule has 1 rings (SSSR count). The van der Waals surface area contributed by atoms with E-state index in [2.05, 4.69) is 4.84 Å². The molecule has 0 unspecified atom stereocenters. The third-order valence-corrected chi connectivity index (χ3v) is 2.52. The molecule has 0 aromatic heterocycles. The van der Waals surface area contributed by atoms with Gasteiger partial charge in [-0.2, -0.15) is 5.48 Å². The van der Waals surface area contributed by atoms with Crippen LogP contribution in [0.4, 0.5) is 5.69 Å². The maximum absolute atomic E-state index is 11.8. The Bertz CT molecular complexity index is 560. The molecule has 0 saturated carbocycles. The summed E-state index contributed by atoms with van der Waals surface area (Å²) in [5, 5.41) is 10.8. The lowest BCUT2D eigenvalue weighted by Gasteiger charge is -2.15. The molecule has 0 aliphatic heterocycles. The van der Waals surface area contributed by atoms with Gasteiger partial charge in [0, 0.05) is 17.2 Å². The number of nitrogens with zero attached hydrogens (tertiary/aromatic N) is 1. The third-order valence-electron chi connectivity index (χ3n) is 2.52. The minimum atomic E-state index is -0.757. The third kappa shape index (κ3) is 3.78. The Balaban J connectivity index is 2.81. The highest BCUT2D eigenvalue weighted by Gasteiger charge is 2.24. The molecule has 1 aromatic rings. The zero-order chi connectivity index (χ0) is 15.5. The Labute approximate surface area is 116 Å². The standard InChI is InChI=1S/C13H16N2O5/c1-8-5-6-9(7-10(8)15(18)19)11(16)14-20-12(17)13(2,3)4/h5-7H,1-4H3,(H,14,16). The zero-order valence-electron chi connectivity index (χ0n) is 11.7. The van der Waals surface area contributed by atoms with E-state index in [0.29, 0.717) is 5.56 Å². The van der Waals surface area contributed by atoms with Crippen LogP contribution in [0.15, 0.2) is 18.2 Å². The van der Waals surface area contributed by atoms with Crippen LogP contribution in [0.5, 0.6) is 0 Å². The highest BCUT2D eigenvalue weighted by Crippen LogP contribution is 2.19. The van der Waals surface area contributed by atoms with Gasteiger partial charge in [-0.3, -0.25) is 14.9 Å². The van der Waals surface area contributed by atoms with Crippen molar-refractivity contribution < 1.29 is 19.3 Å². The Morgan fingerprint density at radius 3 is 2.40 bits per heavy atom. The molecule has 1 amide bonds. The lowest BCUT2D eigenvalue weighted by molar-refractivity contribution is -0.385. The van der Waals surface area contributed by atoms with Crippen LogP contribution in [0.25, 0.3) is 0 Å². The van der Waals surface area contributed by atoms with E-state index >= 15 is 0 Å². The molecule has 0 heterocycles. The first-order valence-electron chi connectivity index (χ1n) is 5.89. The molecule has 0 aliphatic carbocycles. The number of nitro groups is 1. The molecule has 0 aliphatic rings. The summed E-state index contributed by atoms with van der Waals surface area (Å²) in [6, 6.07) is 4.01. The average molecular weight is 280 g/mol. The quantitative estimate of drug-likeness (QED) is 0.661. The molecule has 108 valence electrons. The van der Waals surface area contributed by atoms with E-state index in [9.17, 15) is 19.7 Å². The van der Waals surface area contributed by atoms with Crippen LogP contribution in [0, 0.1) is 22.5 Å². The van der Waals surface area contributed by atoms with Crippen molar-refractivity contribution in [3.05, 3.63) is 39.4 Å². The van der Waals surface area contributed by atoms with Crippen LogP contribution in [0.2, 0.25) is 0 Å². The SMILES string of the molecule is Cc1ccc(C(=O)NOC(=O)C(C)(C)C)cc1[N+](=O)[O-]. The number of aryl methyl sites for hydroxylation is 1. The van der Waals surface area contributed by atoms with Crippen molar-refractivity contribution in [2.24, 2.45) is 5.41 Å². The summed E-state index contributed by atoms with van der Waals surface area (Å²) in [5.41, 5.74) is 1.54. The van der Waals surface area contributed by atoms with Gasteiger partial charge in [0.25, 0.3) is 11.6 Å². The molecule has 0 bridgehead atoms. The number of nitro benzene ring substituents is 1. The van der Waals surface area contributed by atoms with Gasteiger partial charge in [-0.1, -0.05) is 6.07 Å². The van der Waals surface area contributed by atoms with Crippen molar-refractivity contribution in [1.29, 1.82) is 0 Å². The largest absolute Gasteiger partial charge is 0.340 e.